The van der Waals surface area contributed by atoms with Crippen LogP contribution in [0.1, 0.15) is 34.0 Å². The Morgan fingerprint density at radius 1 is 0.973 bits per heavy atom. The summed E-state index contributed by atoms with van der Waals surface area (Å²) in [5, 5.41) is 3.82. The summed E-state index contributed by atoms with van der Waals surface area (Å²) in [6, 6.07) is 22.2. The zero-order valence-corrected chi connectivity index (χ0v) is 20.6. The van der Waals surface area contributed by atoms with Gasteiger partial charge in [-0.05, 0) is 79.7 Å². The van der Waals surface area contributed by atoms with Crippen molar-refractivity contribution in [1.29, 1.82) is 0 Å². The molecule has 192 valence electrons. The number of alkyl halides is 3. The lowest BCUT2D eigenvalue weighted by Crippen LogP contribution is -2.33. The molecule has 1 N–H and O–H groups in total. The van der Waals surface area contributed by atoms with Crippen molar-refractivity contribution >= 4 is 16.8 Å². The molecule has 0 bridgehead atoms. The minimum absolute atomic E-state index is 0.161. The maximum Gasteiger partial charge on any atom is 0.416 e. The fraction of sp³-hybridized carbons (Fsp3) is 0.241. The molecule has 0 radical (unpaired) electrons. The molecule has 1 heterocycles. The van der Waals surface area contributed by atoms with Crippen molar-refractivity contribution < 1.29 is 22.7 Å². The van der Waals surface area contributed by atoms with Gasteiger partial charge in [-0.15, -0.1) is 0 Å². The van der Waals surface area contributed by atoms with Crippen LogP contribution in [0, 0.1) is 0 Å². The Kier molecular flexibility index (Phi) is 8.08. The lowest BCUT2D eigenvalue weighted by molar-refractivity contribution is -0.137. The predicted molar refractivity (Wildman–Crippen MR) is 137 cm³/mol. The second-order valence-corrected chi connectivity index (χ2v) is 9.06. The molecular weight excluding hydrogens is 479 g/mol. The van der Waals surface area contributed by atoms with E-state index in [0.29, 0.717) is 5.75 Å². The van der Waals surface area contributed by atoms with E-state index in [-0.39, 0.29) is 18.2 Å². The first-order chi connectivity index (χ1) is 17.7. The highest BCUT2D eigenvalue weighted by Crippen LogP contribution is 2.29. The van der Waals surface area contributed by atoms with Gasteiger partial charge in [0.25, 0.3) is 5.91 Å². The van der Waals surface area contributed by atoms with Crippen LogP contribution in [0.15, 0.2) is 85.1 Å². The summed E-state index contributed by atoms with van der Waals surface area (Å²) in [6.45, 7) is 3.60. The number of carbonyl (C=O) groups excluding carboxylic acids is 1. The van der Waals surface area contributed by atoms with Crippen molar-refractivity contribution in [2.75, 3.05) is 13.6 Å². The Morgan fingerprint density at radius 3 is 2.35 bits per heavy atom. The average Bonchev–Trinajstić information content (AvgIpc) is 2.88. The number of nitrogens with zero attached hydrogens (tertiary/aromatic N) is 2. The van der Waals surface area contributed by atoms with E-state index in [0.717, 1.165) is 53.8 Å². The van der Waals surface area contributed by atoms with Crippen LogP contribution in [0.25, 0.3) is 10.9 Å². The third-order valence-electron chi connectivity index (χ3n) is 5.86. The molecule has 0 unspecified atom stereocenters. The highest BCUT2D eigenvalue weighted by Gasteiger charge is 2.30. The van der Waals surface area contributed by atoms with E-state index < -0.39 is 17.6 Å². The van der Waals surface area contributed by atoms with Crippen molar-refractivity contribution in [2.45, 2.75) is 32.3 Å². The molecule has 0 aliphatic carbocycles. The SMILES string of the molecule is C[C@@H](CNC(=O)c1ccc(C(F)(F)F)cc1)Oc1ccc(CN(C)Cc2ccc3ncccc3c2)cc1. The summed E-state index contributed by atoms with van der Waals surface area (Å²) in [4.78, 5) is 18.8. The summed E-state index contributed by atoms with van der Waals surface area (Å²) in [7, 11) is 2.07. The molecule has 0 aliphatic heterocycles. The summed E-state index contributed by atoms with van der Waals surface area (Å²) in [6.07, 6.45) is -2.96. The summed E-state index contributed by atoms with van der Waals surface area (Å²) in [5.41, 5.74) is 2.71. The second kappa shape index (κ2) is 11.4. The molecule has 0 saturated heterocycles. The summed E-state index contributed by atoms with van der Waals surface area (Å²) < 4.78 is 43.9. The topological polar surface area (TPSA) is 54.5 Å². The number of hydrogen-bond donors (Lipinski definition) is 1. The van der Waals surface area contributed by atoms with Crippen LogP contribution in [0.2, 0.25) is 0 Å². The van der Waals surface area contributed by atoms with Crippen molar-refractivity contribution in [1.82, 2.24) is 15.2 Å². The summed E-state index contributed by atoms with van der Waals surface area (Å²) >= 11 is 0. The van der Waals surface area contributed by atoms with Crippen LogP contribution in [-0.4, -0.2) is 35.5 Å². The van der Waals surface area contributed by atoms with Gasteiger partial charge in [0.1, 0.15) is 11.9 Å². The molecule has 5 nitrogen and oxygen atoms in total. The number of carbonyl (C=O) groups is 1. The van der Waals surface area contributed by atoms with Gasteiger partial charge in [-0.3, -0.25) is 14.7 Å². The van der Waals surface area contributed by atoms with E-state index >= 15 is 0 Å². The van der Waals surface area contributed by atoms with Gasteiger partial charge in [-0.25, -0.2) is 0 Å². The number of fused-ring (bicyclic) bond motifs is 1. The van der Waals surface area contributed by atoms with Gasteiger partial charge in [-0.1, -0.05) is 24.3 Å². The van der Waals surface area contributed by atoms with Gasteiger partial charge < -0.3 is 10.1 Å². The van der Waals surface area contributed by atoms with Crippen LogP contribution in [0.4, 0.5) is 13.2 Å². The standard InChI is InChI=1S/C29H28F3N3O2/c1-20(17-34-28(36)23-8-10-25(11-9-23)29(30,31)32)37-26-12-5-21(6-13-26)18-35(2)19-22-7-14-27-24(16-22)4-3-15-33-27/h3-16,20H,17-19H2,1-2H3,(H,34,36)/t20-/m0/s1. The molecule has 1 aromatic heterocycles. The molecule has 0 saturated carbocycles. The minimum Gasteiger partial charge on any atom is -0.489 e. The van der Waals surface area contributed by atoms with E-state index in [1.807, 2.05) is 43.3 Å². The molecule has 0 spiro atoms. The largest absolute Gasteiger partial charge is 0.489 e. The highest BCUT2D eigenvalue weighted by molar-refractivity contribution is 5.94. The lowest BCUT2D eigenvalue weighted by Gasteiger charge is -2.18. The number of hydrogen-bond acceptors (Lipinski definition) is 4. The van der Waals surface area contributed by atoms with E-state index in [4.69, 9.17) is 4.74 Å². The van der Waals surface area contributed by atoms with Gasteiger partial charge >= 0.3 is 6.18 Å². The Bertz CT molecular complexity index is 1340. The Hall–Kier alpha value is -3.91. The first-order valence-corrected chi connectivity index (χ1v) is 11.9. The Balaban J connectivity index is 1.24. The van der Waals surface area contributed by atoms with E-state index in [1.165, 1.54) is 5.56 Å². The molecule has 8 heteroatoms. The predicted octanol–water partition coefficient (Wildman–Crippen LogP) is 6.08. The smallest absolute Gasteiger partial charge is 0.416 e. The zero-order chi connectivity index (χ0) is 26.4. The number of amides is 1. The first-order valence-electron chi connectivity index (χ1n) is 11.9. The number of aromatic nitrogens is 1. The van der Waals surface area contributed by atoms with Crippen molar-refractivity contribution in [3.05, 3.63) is 107 Å². The monoisotopic (exact) mass is 507 g/mol. The summed E-state index contributed by atoms with van der Waals surface area (Å²) in [5.74, 6) is 0.218. The average molecular weight is 508 g/mol. The third-order valence-corrected chi connectivity index (χ3v) is 5.86. The molecule has 1 amide bonds. The maximum atomic E-state index is 12.7. The van der Waals surface area contributed by atoms with E-state index in [9.17, 15) is 18.0 Å². The van der Waals surface area contributed by atoms with Gasteiger partial charge in [-0.2, -0.15) is 13.2 Å². The molecule has 4 rings (SSSR count). The number of rotatable bonds is 9. The van der Waals surface area contributed by atoms with Crippen LogP contribution >= 0.6 is 0 Å². The minimum atomic E-state index is -4.43. The molecular formula is C29H28F3N3O2. The molecule has 0 fully saturated rings. The molecule has 0 aliphatic rings. The fourth-order valence-corrected chi connectivity index (χ4v) is 4.00. The lowest BCUT2D eigenvalue weighted by atomic mass is 10.1. The van der Waals surface area contributed by atoms with E-state index in [2.05, 4.69) is 40.4 Å². The number of pyridine rings is 1. The third kappa shape index (κ3) is 7.30. The number of ether oxygens (including phenoxy) is 1. The van der Waals surface area contributed by atoms with Gasteiger partial charge in [0, 0.05) is 30.2 Å². The van der Waals surface area contributed by atoms with E-state index in [1.54, 1.807) is 6.20 Å². The second-order valence-electron chi connectivity index (χ2n) is 9.06. The molecule has 3 aromatic carbocycles. The molecule has 37 heavy (non-hydrogen) atoms. The van der Waals surface area contributed by atoms with Crippen molar-refractivity contribution in [3.63, 3.8) is 0 Å². The van der Waals surface area contributed by atoms with Gasteiger partial charge in [0.2, 0.25) is 0 Å². The van der Waals surface area contributed by atoms with Crippen LogP contribution < -0.4 is 10.1 Å². The Morgan fingerprint density at radius 2 is 1.65 bits per heavy atom. The van der Waals surface area contributed by atoms with Crippen molar-refractivity contribution in [2.24, 2.45) is 0 Å². The zero-order valence-electron chi connectivity index (χ0n) is 20.6. The number of benzene rings is 3. The van der Waals surface area contributed by atoms with Crippen LogP contribution in [-0.2, 0) is 19.3 Å². The van der Waals surface area contributed by atoms with Gasteiger partial charge in [0.15, 0.2) is 0 Å². The normalized spacial score (nSPS) is 12.5. The highest BCUT2D eigenvalue weighted by atomic mass is 19.4. The number of halogens is 3. The molecule has 4 aromatic rings. The first kappa shape index (κ1) is 26.2. The quantitative estimate of drug-likeness (QED) is 0.298. The number of nitrogens with one attached hydrogen (secondary N) is 1. The molecule has 1 atom stereocenters. The van der Waals surface area contributed by atoms with Gasteiger partial charge in [0.05, 0.1) is 17.6 Å². The Labute approximate surface area is 213 Å². The fourth-order valence-electron chi connectivity index (χ4n) is 4.00. The van der Waals surface area contributed by atoms with Crippen molar-refractivity contribution in [3.8, 4) is 5.75 Å². The van der Waals surface area contributed by atoms with Crippen LogP contribution in [0.3, 0.4) is 0 Å². The van der Waals surface area contributed by atoms with Crippen LogP contribution in [0.5, 0.6) is 5.75 Å². The maximum absolute atomic E-state index is 12.7.